The van der Waals surface area contributed by atoms with Gasteiger partial charge in [0.2, 0.25) is 0 Å². The van der Waals surface area contributed by atoms with Gasteiger partial charge in [0.05, 0.1) is 6.04 Å². The summed E-state index contributed by atoms with van der Waals surface area (Å²) in [6.45, 7) is 9.49. The molecule has 1 N–H and O–H groups in total. The molecule has 0 aliphatic carbocycles. The van der Waals surface area contributed by atoms with Crippen LogP contribution in [0.3, 0.4) is 0 Å². The van der Waals surface area contributed by atoms with Gasteiger partial charge in [-0.15, -0.1) is 0 Å². The highest BCUT2D eigenvalue weighted by atomic mass is 35.5. The summed E-state index contributed by atoms with van der Waals surface area (Å²) in [5, 5.41) is 3.89. The lowest BCUT2D eigenvalue weighted by Gasteiger charge is -2.35. The number of hydrogen-bond donors (Lipinski definition) is 1. The van der Waals surface area contributed by atoms with Crippen molar-refractivity contribution >= 4 is 17.7 Å². The van der Waals surface area contributed by atoms with Crippen LogP contribution < -0.4 is 5.32 Å². The van der Waals surface area contributed by atoms with E-state index in [1.807, 2.05) is 33.8 Å². The van der Waals surface area contributed by atoms with Gasteiger partial charge >= 0.3 is 6.09 Å². The Labute approximate surface area is 130 Å². The molecule has 1 saturated heterocycles. The largest absolute Gasteiger partial charge is 0.444 e. The summed E-state index contributed by atoms with van der Waals surface area (Å²) >= 11 is 5.89. The molecule has 21 heavy (non-hydrogen) atoms. The number of carbonyl (C=O) groups excluding carboxylic acids is 1. The van der Waals surface area contributed by atoms with Crippen LogP contribution in [0.25, 0.3) is 0 Å². The van der Waals surface area contributed by atoms with Gasteiger partial charge < -0.3 is 15.0 Å². The first-order valence-electron chi connectivity index (χ1n) is 7.10. The molecule has 1 aromatic rings. The molecule has 5 nitrogen and oxygen atoms in total. The van der Waals surface area contributed by atoms with Gasteiger partial charge in [-0.05, 0) is 39.3 Å². The number of hydrogen-bond acceptors (Lipinski definition) is 4. The lowest BCUT2D eigenvalue weighted by atomic mass is 10.0. The number of pyridine rings is 1. The average molecular weight is 312 g/mol. The summed E-state index contributed by atoms with van der Waals surface area (Å²) in [4.78, 5) is 18.2. The Balaban J connectivity index is 2.08. The van der Waals surface area contributed by atoms with Crippen LogP contribution in [0.2, 0.25) is 5.15 Å². The second-order valence-corrected chi connectivity index (χ2v) is 6.63. The fourth-order valence-electron chi connectivity index (χ4n) is 2.36. The number of aromatic nitrogens is 1. The van der Waals surface area contributed by atoms with E-state index in [0.717, 1.165) is 17.8 Å². The molecule has 1 amide bonds. The quantitative estimate of drug-likeness (QED) is 0.810. The Morgan fingerprint density at radius 2 is 2.19 bits per heavy atom. The number of piperazine rings is 1. The van der Waals surface area contributed by atoms with Gasteiger partial charge in [0.25, 0.3) is 0 Å². The Morgan fingerprint density at radius 1 is 1.48 bits per heavy atom. The highest BCUT2D eigenvalue weighted by molar-refractivity contribution is 6.29. The van der Waals surface area contributed by atoms with Gasteiger partial charge in [0.15, 0.2) is 0 Å². The third-order valence-electron chi connectivity index (χ3n) is 3.30. The highest BCUT2D eigenvalue weighted by Crippen LogP contribution is 2.22. The molecule has 116 valence electrons. The van der Waals surface area contributed by atoms with Crippen molar-refractivity contribution in [2.75, 3.05) is 19.6 Å². The maximum atomic E-state index is 12.2. The van der Waals surface area contributed by atoms with Crippen LogP contribution in [-0.4, -0.2) is 41.2 Å². The molecule has 1 aliphatic rings. The van der Waals surface area contributed by atoms with E-state index in [-0.39, 0.29) is 12.1 Å². The molecule has 1 atom stereocenters. The van der Waals surface area contributed by atoms with Gasteiger partial charge in [-0.25, -0.2) is 9.78 Å². The molecule has 1 aliphatic heterocycles. The van der Waals surface area contributed by atoms with E-state index in [1.54, 1.807) is 11.0 Å². The monoisotopic (exact) mass is 311 g/mol. The van der Waals surface area contributed by atoms with E-state index in [2.05, 4.69) is 10.3 Å². The number of nitrogens with zero attached hydrogens (tertiary/aromatic N) is 2. The van der Waals surface area contributed by atoms with Crippen LogP contribution in [0.4, 0.5) is 4.79 Å². The van der Waals surface area contributed by atoms with Gasteiger partial charge in [-0.1, -0.05) is 17.7 Å². The first kappa shape index (κ1) is 16.0. The van der Waals surface area contributed by atoms with Crippen molar-refractivity contribution in [3.8, 4) is 0 Å². The molecule has 1 aromatic heterocycles. The summed E-state index contributed by atoms with van der Waals surface area (Å²) in [5.74, 6) is 0. The SMILES string of the molecule is Cc1nc(Cl)ccc1C1CN(C(=O)OC(C)(C)C)CCN1. The molecule has 2 heterocycles. The zero-order valence-electron chi connectivity index (χ0n) is 12.9. The second-order valence-electron chi connectivity index (χ2n) is 6.24. The first-order valence-corrected chi connectivity index (χ1v) is 7.48. The predicted octanol–water partition coefficient (Wildman–Crippen LogP) is 2.92. The maximum absolute atomic E-state index is 12.2. The van der Waals surface area contributed by atoms with Crippen molar-refractivity contribution in [2.45, 2.75) is 39.3 Å². The number of nitrogens with one attached hydrogen (secondary N) is 1. The van der Waals surface area contributed by atoms with Crippen LogP contribution in [-0.2, 0) is 4.74 Å². The van der Waals surface area contributed by atoms with Crippen molar-refractivity contribution in [3.63, 3.8) is 0 Å². The Bertz CT molecular complexity index is 528. The molecule has 0 spiro atoms. The van der Waals surface area contributed by atoms with E-state index in [1.165, 1.54) is 0 Å². The smallest absolute Gasteiger partial charge is 0.410 e. The van der Waals surface area contributed by atoms with Gasteiger partial charge in [0.1, 0.15) is 10.8 Å². The number of aryl methyl sites for hydroxylation is 1. The minimum Gasteiger partial charge on any atom is -0.444 e. The first-order chi connectivity index (χ1) is 9.76. The van der Waals surface area contributed by atoms with E-state index in [9.17, 15) is 4.79 Å². The fourth-order valence-corrected chi connectivity index (χ4v) is 2.55. The third-order valence-corrected chi connectivity index (χ3v) is 3.51. The summed E-state index contributed by atoms with van der Waals surface area (Å²) in [6.07, 6.45) is -0.270. The molecule has 6 heteroatoms. The van der Waals surface area contributed by atoms with Crippen LogP contribution in [0.1, 0.15) is 38.1 Å². The molecular formula is C15H22ClN3O2. The number of ether oxygens (including phenoxy) is 1. The van der Waals surface area contributed by atoms with Crippen LogP contribution in [0.15, 0.2) is 12.1 Å². The fraction of sp³-hybridized carbons (Fsp3) is 0.600. The highest BCUT2D eigenvalue weighted by Gasteiger charge is 2.28. The number of amides is 1. The molecule has 0 aromatic carbocycles. The number of halogens is 1. The number of rotatable bonds is 1. The molecule has 1 unspecified atom stereocenters. The molecule has 1 fully saturated rings. The Hall–Kier alpha value is -1.33. The van der Waals surface area contributed by atoms with Crippen LogP contribution in [0, 0.1) is 6.92 Å². The van der Waals surface area contributed by atoms with Crippen molar-refractivity contribution in [1.29, 1.82) is 0 Å². The Morgan fingerprint density at radius 3 is 2.81 bits per heavy atom. The lowest BCUT2D eigenvalue weighted by molar-refractivity contribution is 0.0194. The molecular weight excluding hydrogens is 290 g/mol. The minimum absolute atomic E-state index is 0.0519. The van der Waals surface area contributed by atoms with Crippen molar-refractivity contribution in [1.82, 2.24) is 15.2 Å². The molecule has 2 rings (SSSR count). The normalized spacial score (nSPS) is 19.5. The van der Waals surface area contributed by atoms with Gasteiger partial charge in [-0.3, -0.25) is 0 Å². The molecule has 0 radical (unpaired) electrons. The summed E-state index contributed by atoms with van der Waals surface area (Å²) < 4.78 is 5.43. The molecule has 0 saturated carbocycles. The average Bonchev–Trinajstić information content (AvgIpc) is 2.37. The summed E-state index contributed by atoms with van der Waals surface area (Å²) in [7, 11) is 0. The minimum atomic E-state index is -0.477. The van der Waals surface area contributed by atoms with Gasteiger partial charge in [-0.2, -0.15) is 0 Å². The predicted molar refractivity (Wildman–Crippen MR) is 82.5 cm³/mol. The zero-order valence-corrected chi connectivity index (χ0v) is 13.7. The van der Waals surface area contributed by atoms with Crippen LogP contribution >= 0.6 is 11.6 Å². The lowest BCUT2D eigenvalue weighted by Crippen LogP contribution is -2.49. The van der Waals surface area contributed by atoms with E-state index < -0.39 is 5.60 Å². The van der Waals surface area contributed by atoms with E-state index in [4.69, 9.17) is 16.3 Å². The van der Waals surface area contributed by atoms with Crippen molar-refractivity contribution in [2.24, 2.45) is 0 Å². The topological polar surface area (TPSA) is 54.5 Å². The Kier molecular flexibility index (Phi) is 4.74. The summed E-state index contributed by atoms with van der Waals surface area (Å²) in [6, 6.07) is 3.79. The standard InChI is InChI=1S/C15H22ClN3O2/c1-10-11(5-6-13(16)18-10)12-9-19(8-7-17-12)14(20)21-15(2,3)4/h5-6,12,17H,7-9H2,1-4H3. The third kappa shape index (κ3) is 4.32. The van der Waals surface area contributed by atoms with Crippen molar-refractivity contribution in [3.05, 3.63) is 28.5 Å². The van der Waals surface area contributed by atoms with E-state index in [0.29, 0.717) is 18.2 Å². The second kappa shape index (κ2) is 6.20. The van der Waals surface area contributed by atoms with Gasteiger partial charge in [0, 0.05) is 25.3 Å². The zero-order chi connectivity index (χ0) is 15.6. The summed E-state index contributed by atoms with van der Waals surface area (Å²) in [5.41, 5.74) is 1.47. The molecule has 0 bridgehead atoms. The number of carbonyl (C=O) groups is 1. The van der Waals surface area contributed by atoms with Crippen molar-refractivity contribution < 1.29 is 9.53 Å². The van der Waals surface area contributed by atoms with Crippen LogP contribution in [0.5, 0.6) is 0 Å². The van der Waals surface area contributed by atoms with E-state index >= 15 is 0 Å². The maximum Gasteiger partial charge on any atom is 0.410 e.